The summed E-state index contributed by atoms with van der Waals surface area (Å²) in [7, 11) is 0. The van der Waals surface area contributed by atoms with E-state index in [1.54, 1.807) is 0 Å². The second-order valence-electron chi connectivity index (χ2n) is 2.32. The molecule has 1 aromatic heterocycles. The Kier molecular flexibility index (Phi) is 1.83. The molecule has 0 aliphatic carbocycles. The maximum atomic E-state index is 11.2. The van der Waals surface area contributed by atoms with Crippen LogP contribution in [0.1, 0.15) is 15.9 Å². The van der Waals surface area contributed by atoms with Gasteiger partial charge in [0.25, 0.3) is 0 Å². The molecule has 0 N–H and O–H groups in total. The second-order valence-corrected chi connectivity index (χ2v) is 4.52. The third-order valence-corrected chi connectivity index (χ3v) is 3.47. The summed E-state index contributed by atoms with van der Waals surface area (Å²) < 4.78 is 6.09. The van der Waals surface area contributed by atoms with E-state index in [4.69, 9.17) is 4.74 Å². The summed E-state index contributed by atoms with van der Waals surface area (Å²) in [6.45, 7) is 0.793. The molecule has 2 heterocycles. The first-order valence-corrected chi connectivity index (χ1v) is 4.83. The van der Waals surface area contributed by atoms with Crippen LogP contribution in [0.4, 0.5) is 0 Å². The van der Waals surface area contributed by atoms with Crippen molar-refractivity contribution in [3.63, 3.8) is 0 Å². The molecular weight excluding hydrogens is 228 g/mol. The summed E-state index contributed by atoms with van der Waals surface area (Å²) in [5.41, 5.74) is 1.83. The van der Waals surface area contributed by atoms with Crippen LogP contribution in [-0.2, 0) is 11.3 Å². The summed E-state index contributed by atoms with van der Waals surface area (Å²) in [5, 5.41) is 1.88. The van der Waals surface area contributed by atoms with Crippen molar-refractivity contribution in [2.75, 3.05) is 6.61 Å². The number of carbonyl (C=O) groups excluding carboxylic acids is 1. The van der Waals surface area contributed by atoms with E-state index in [2.05, 4.69) is 15.9 Å². The fraction of sp³-hybridized carbons (Fsp3) is 0.286. The van der Waals surface area contributed by atoms with Crippen LogP contribution < -0.4 is 0 Å². The fourth-order valence-corrected chi connectivity index (χ4v) is 2.47. The van der Waals surface area contributed by atoms with Crippen molar-refractivity contribution in [1.29, 1.82) is 0 Å². The van der Waals surface area contributed by atoms with Gasteiger partial charge >= 0.3 is 0 Å². The zero-order chi connectivity index (χ0) is 7.84. The zero-order valence-electron chi connectivity index (χ0n) is 5.59. The van der Waals surface area contributed by atoms with E-state index in [0.29, 0.717) is 6.61 Å². The van der Waals surface area contributed by atoms with E-state index in [1.807, 2.05) is 5.38 Å². The van der Waals surface area contributed by atoms with Crippen molar-refractivity contribution >= 4 is 33.0 Å². The van der Waals surface area contributed by atoms with Gasteiger partial charge in [-0.25, -0.2) is 0 Å². The molecule has 0 atom stereocenters. The number of Topliss-reactive ketones (excluding diaryl/α,β-unsaturated/α-hetero) is 1. The van der Waals surface area contributed by atoms with Crippen molar-refractivity contribution in [2.45, 2.75) is 6.61 Å². The highest BCUT2D eigenvalue weighted by atomic mass is 79.9. The number of ether oxygens (including phenoxy) is 1. The van der Waals surface area contributed by atoms with Crippen LogP contribution in [0.15, 0.2) is 9.17 Å². The van der Waals surface area contributed by atoms with Crippen LogP contribution in [0.2, 0.25) is 0 Å². The van der Waals surface area contributed by atoms with Gasteiger partial charge < -0.3 is 4.74 Å². The summed E-state index contributed by atoms with van der Waals surface area (Å²) in [5.74, 6) is 0.0909. The van der Waals surface area contributed by atoms with Gasteiger partial charge in [0.05, 0.1) is 10.4 Å². The van der Waals surface area contributed by atoms with Crippen LogP contribution in [0.5, 0.6) is 0 Å². The Morgan fingerprint density at radius 2 is 2.36 bits per heavy atom. The summed E-state index contributed by atoms with van der Waals surface area (Å²) in [4.78, 5) is 11.2. The predicted molar refractivity (Wildman–Crippen MR) is 46.0 cm³/mol. The number of carbonyl (C=O) groups is 1. The highest BCUT2D eigenvalue weighted by Gasteiger charge is 2.20. The first-order chi connectivity index (χ1) is 5.29. The van der Waals surface area contributed by atoms with E-state index in [9.17, 15) is 4.79 Å². The molecule has 0 aromatic carbocycles. The fourth-order valence-electron chi connectivity index (χ4n) is 1.05. The van der Waals surface area contributed by atoms with Gasteiger partial charge in [-0.1, -0.05) is 0 Å². The van der Waals surface area contributed by atoms with Crippen LogP contribution >= 0.6 is 27.3 Å². The summed E-state index contributed by atoms with van der Waals surface area (Å²) in [6.07, 6.45) is 0. The molecule has 58 valence electrons. The molecule has 0 saturated carbocycles. The molecule has 0 amide bonds. The Labute approximate surface area is 76.3 Å². The lowest BCUT2D eigenvalue weighted by Crippen LogP contribution is -2.16. The average molecular weight is 233 g/mol. The average Bonchev–Trinajstić information content (AvgIpc) is 2.35. The van der Waals surface area contributed by atoms with E-state index < -0.39 is 0 Å². The maximum absolute atomic E-state index is 11.2. The molecule has 1 aliphatic heterocycles. The third-order valence-electron chi connectivity index (χ3n) is 1.62. The molecule has 0 fully saturated rings. The molecule has 1 aromatic rings. The number of ketones is 1. The number of hydrogen-bond donors (Lipinski definition) is 0. The molecule has 11 heavy (non-hydrogen) atoms. The molecule has 2 nitrogen and oxygen atoms in total. The molecule has 0 spiro atoms. The second kappa shape index (κ2) is 2.69. The minimum absolute atomic E-state index is 0.0909. The molecule has 0 saturated heterocycles. The Hall–Kier alpha value is -0.190. The van der Waals surface area contributed by atoms with Gasteiger partial charge in [0.15, 0.2) is 5.78 Å². The summed E-state index contributed by atoms with van der Waals surface area (Å²) >= 11 is 4.91. The van der Waals surface area contributed by atoms with Crippen LogP contribution in [0.25, 0.3) is 0 Å². The van der Waals surface area contributed by atoms with Crippen molar-refractivity contribution in [1.82, 2.24) is 0 Å². The molecular formula is C7H5BrO2S. The van der Waals surface area contributed by atoms with Crippen LogP contribution in [0.3, 0.4) is 0 Å². The Balaban J connectivity index is 2.55. The Morgan fingerprint density at radius 1 is 1.55 bits per heavy atom. The smallest absolute Gasteiger partial charge is 0.189 e. The monoisotopic (exact) mass is 232 g/mol. The first kappa shape index (κ1) is 7.46. The largest absolute Gasteiger partial charge is 0.369 e. The number of rotatable bonds is 0. The maximum Gasteiger partial charge on any atom is 0.189 e. The standard InChI is InChI=1S/C7H5BrO2S/c8-7-4-1-10-2-6(9)5(4)3-11-7/h3H,1-2H2. The molecule has 1 aliphatic rings. The molecule has 0 bridgehead atoms. The molecule has 0 unspecified atom stereocenters. The van der Waals surface area contributed by atoms with Gasteiger partial charge in [-0.15, -0.1) is 11.3 Å². The van der Waals surface area contributed by atoms with E-state index >= 15 is 0 Å². The number of fused-ring (bicyclic) bond motifs is 1. The topological polar surface area (TPSA) is 26.3 Å². The van der Waals surface area contributed by atoms with Gasteiger partial charge in [-0.2, -0.15) is 0 Å². The minimum atomic E-state index is 0.0909. The van der Waals surface area contributed by atoms with E-state index in [1.165, 1.54) is 11.3 Å². The van der Waals surface area contributed by atoms with Crippen LogP contribution in [0, 0.1) is 0 Å². The summed E-state index contributed by atoms with van der Waals surface area (Å²) in [6, 6.07) is 0. The lowest BCUT2D eigenvalue weighted by atomic mass is 10.1. The van der Waals surface area contributed by atoms with Gasteiger partial charge in [0.2, 0.25) is 0 Å². The predicted octanol–water partition coefficient (Wildman–Crippen LogP) is 2.22. The SMILES string of the molecule is O=C1COCc2c1csc2Br. The first-order valence-electron chi connectivity index (χ1n) is 3.16. The van der Waals surface area contributed by atoms with Gasteiger partial charge in [0, 0.05) is 16.5 Å². The highest BCUT2D eigenvalue weighted by molar-refractivity contribution is 9.11. The third kappa shape index (κ3) is 1.15. The van der Waals surface area contributed by atoms with Gasteiger partial charge in [0.1, 0.15) is 6.61 Å². The van der Waals surface area contributed by atoms with E-state index in [-0.39, 0.29) is 12.4 Å². The lowest BCUT2D eigenvalue weighted by Gasteiger charge is -2.10. The van der Waals surface area contributed by atoms with E-state index in [0.717, 1.165) is 14.9 Å². The molecule has 4 heteroatoms. The number of thiophene rings is 1. The lowest BCUT2D eigenvalue weighted by molar-refractivity contribution is 0.0666. The Bertz CT molecular complexity index is 305. The van der Waals surface area contributed by atoms with Crippen molar-refractivity contribution in [2.24, 2.45) is 0 Å². The minimum Gasteiger partial charge on any atom is -0.369 e. The zero-order valence-corrected chi connectivity index (χ0v) is 8.00. The van der Waals surface area contributed by atoms with Gasteiger partial charge in [-0.3, -0.25) is 4.79 Å². The van der Waals surface area contributed by atoms with Crippen LogP contribution in [-0.4, -0.2) is 12.4 Å². The normalized spacial score (nSPS) is 16.6. The molecule has 0 radical (unpaired) electrons. The van der Waals surface area contributed by atoms with Crippen molar-refractivity contribution < 1.29 is 9.53 Å². The Morgan fingerprint density at radius 3 is 3.09 bits per heavy atom. The number of hydrogen-bond acceptors (Lipinski definition) is 3. The van der Waals surface area contributed by atoms with Gasteiger partial charge in [-0.05, 0) is 15.9 Å². The quantitative estimate of drug-likeness (QED) is 0.686. The highest BCUT2D eigenvalue weighted by Crippen LogP contribution is 2.31. The van der Waals surface area contributed by atoms with Crippen molar-refractivity contribution in [3.05, 3.63) is 20.3 Å². The molecule has 2 rings (SSSR count). The van der Waals surface area contributed by atoms with Crippen molar-refractivity contribution in [3.8, 4) is 0 Å². The number of halogens is 1.